The van der Waals surface area contributed by atoms with E-state index in [1.54, 1.807) is 27.7 Å². The van der Waals surface area contributed by atoms with E-state index in [-0.39, 0.29) is 35.9 Å². The molecule has 1 aromatic carbocycles. The zero-order chi connectivity index (χ0) is 25.3. The van der Waals surface area contributed by atoms with Crippen molar-refractivity contribution < 1.29 is 36.6 Å². The van der Waals surface area contributed by atoms with Crippen molar-refractivity contribution in [3.05, 3.63) is 53.0 Å². The number of nitrogens with one attached hydrogen (secondary N) is 1. The summed E-state index contributed by atoms with van der Waals surface area (Å²) in [6, 6.07) is 6.44. The second kappa shape index (κ2) is 9.47. The number of fused-ring (bicyclic) bond motifs is 1. The molecule has 0 fully saturated rings. The zero-order valence-electron chi connectivity index (χ0n) is 19.1. The topological polar surface area (TPSA) is 80.8 Å². The molecular weight excluding hydrogens is 458 g/mol. The molecule has 1 aliphatic rings. The number of aromatic nitrogens is 1. The molecule has 2 amide bonds. The molecule has 2 heterocycles. The second-order valence-electron chi connectivity index (χ2n) is 8.93. The molecule has 7 nitrogen and oxygen atoms in total. The molecule has 11 heteroatoms. The van der Waals surface area contributed by atoms with Crippen LogP contribution in [0.4, 0.5) is 28.0 Å². The summed E-state index contributed by atoms with van der Waals surface area (Å²) >= 11 is 0. The number of pyridine rings is 1. The third-order valence-electron chi connectivity index (χ3n) is 4.77. The van der Waals surface area contributed by atoms with Gasteiger partial charge in [-0.05, 0) is 63.4 Å². The fourth-order valence-electron chi connectivity index (χ4n) is 3.32. The van der Waals surface area contributed by atoms with Crippen LogP contribution in [0.1, 0.15) is 49.3 Å². The summed E-state index contributed by atoms with van der Waals surface area (Å²) in [6.45, 7) is 5.37. The molecule has 0 unspecified atom stereocenters. The molecule has 0 saturated carbocycles. The van der Waals surface area contributed by atoms with Gasteiger partial charge in [-0.1, -0.05) is 12.1 Å². The number of hydrogen-bond acceptors (Lipinski definition) is 5. The first-order valence-corrected chi connectivity index (χ1v) is 10.5. The molecule has 0 saturated heterocycles. The number of rotatable bonds is 4. The van der Waals surface area contributed by atoms with Gasteiger partial charge < -0.3 is 14.8 Å². The van der Waals surface area contributed by atoms with Crippen LogP contribution in [0.15, 0.2) is 30.3 Å². The quantitative estimate of drug-likeness (QED) is 0.642. The van der Waals surface area contributed by atoms with Crippen LogP contribution in [0.3, 0.4) is 0 Å². The normalized spacial score (nSPS) is 15.9. The Hall–Kier alpha value is -3.37. The molecule has 0 radical (unpaired) electrons. The van der Waals surface area contributed by atoms with Crippen LogP contribution in [-0.2, 0) is 11.2 Å². The number of benzene rings is 1. The molecule has 1 N–H and O–H groups in total. The Labute approximate surface area is 194 Å². The van der Waals surface area contributed by atoms with Gasteiger partial charge in [0, 0.05) is 0 Å². The number of alkyl halides is 3. The Kier molecular flexibility index (Phi) is 7.04. The maximum absolute atomic E-state index is 13.3. The summed E-state index contributed by atoms with van der Waals surface area (Å²) < 4.78 is 62.4. The van der Waals surface area contributed by atoms with Crippen LogP contribution in [0, 0.1) is 5.82 Å². The smallest absolute Gasteiger partial charge is 0.415 e. The number of hydrogen-bond donors (Lipinski definition) is 1. The fourth-order valence-corrected chi connectivity index (χ4v) is 3.32. The SMILES string of the molecule is C[C@H]1COc2nc(C(=O)NCC(F)(F)F)c(Cc3ccc(F)cc3)cc2N1C(=O)OC(C)(C)C. The highest BCUT2D eigenvalue weighted by molar-refractivity contribution is 5.96. The van der Waals surface area contributed by atoms with E-state index in [0.717, 1.165) is 0 Å². The van der Waals surface area contributed by atoms with E-state index in [4.69, 9.17) is 9.47 Å². The molecule has 2 aromatic rings. The zero-order valence-corrected chi connectivity index (χ0v) is 19.1. The highest BCUT2D eigenvalue weighted by Gasteiger charge is 2.36. The summed E-state index contributed by atoms with van der Waals surface area (Å²) in [6.07, 6.45) is -5.22. The van der Waals surface area contributed by atoms with Gasteiger partial charge in [-0.3, -0.25) is 9.69 Å². The Morgan fingerprint density at radius 1 is 1.21 bits per heavy atom. The lowest BCUT2D eigenvalue weighted by molar-refractivity contribution is -0.123. The third kappa shape index (κ3) is 6.36. The van der Waals surface area contributed by atoms with Gasteiger partial charge in [-0.25, -0.2) is 14.2 Å². The molecular formula is C23H25F4N3O4. The number of anilines is 1. The Morgan fingerprint density at radius 2 is 1.85 bits per heavy atom. The van der Waals surface area contributed by atoms with E-state index >= 15 is 0 Å². The average Bonchev–Trinajstić information content (AvgIpc) is 2.71. The standard InChI is InChI=1S/C23H25F4N3O4/c1-13-11-33-20-17(30(13)21(32)34-22(2,3)4)10-15(9-14-5-7-16(24)8-6-14)18(29-20)19(31)28-12-23(25,26)27/h5-8,10,13H,9,11-12H2,1-4H3,(H,28,31)/t13-/m0/s1. The van der Waals surface area contributed by atoms with Crippen molar-refractivity contribution in [2.75, 3.05) is 18.1 Å². The number of carbonyl (C=O) groups is 2. The predicted octanol–water partition coefficient (Wildman–Crippen LogP) is 4.63. The fraction of sp³-hybridized carbons (Fsp3) is 0.435. The minimum atomic E-state index is -4.61. The molecule has 0 bridgehead atoms. The van der Waals surface area contributed by atoms with Crippen molar-refractivity contribution in [1.29, 1.82) is 0 Å². The molecule has 0 aliphatic carbocycles. The lowest BCUT2D eigenvalue weighted by atomic mass is 10.0. The van der Waals surface area contributed by atoms with Crippen molar-refractivity contribution in [2.24, 2.45) is 0 Å². The highest BCUT2D eigenvalue weighted by Crippen LogP contribution is 2.36. The Balaban J connectivity index is 2.05. The molecule has 3 rings (SSSR count). The Morgan fingerprint density at radius 3 is 2.44 bits per heavy atom. The largest absolute Gasteiger partial charge is 0.474 e. The first-order valence-electron chi connectivity index (χ1n) is 10.5. The van der Waals surface area contributed by atoms with E-state index in [9.17, 15) is 27.2 Å². The van der Waals surface area contributed by atoms with Gasteiger partial charge in [0.25, 0.3) is 5.91 Å². The third-order valence-corrected chi connectivity index (χ3v) is 4.77. The van der Waals surface area contributed by atoms with Crippen LogP contribution >= 0.6 is 0 Å². The van der Waals surface area contributed by atoms with Crippen LogP contribution < -0.4 is 15.0 Å². The molecule has 0 spiro atoms. The van der Waals surface area contributed by atoms with Gasteiger partial charge in [0.2, 0.25) is 5.88 Å². The maximum atomic E-state index is 13.3. The minimum absolute atomic E-state index is 0.0418. The molecule has 1 atom stereocenters. The number of amides is 2. The summed E-state index contributed by atoms with van der Waals surface area (Å²) in [5.74, 6) is -1.60. The summed E-state index contributed by atoms with van der Waals surface area (Å²) in [7, 11) is 0. The van der Waals surface area contributed by atoms with E-state index in [2.05, 4.69) is 4.98 Å². The predicted molar refractivity (Wildman–Crippen MR) is 116 cm³/mol. The molecule has 34 heavy (non-hydrogen) atoms. The molecule has 1 aliphatic heterocycles. The van der Waals surface area contributed by atoms with Crippen molar-refractivity contribution >= 4 is 17.7 Å². The average molecular weight is 483 g/mol. The second-order valence-corrected chi connectivity index (χ2v) is 8.93. The number of halogens is 4. The summed E-state index contributed by atoms with van der Waals surface area (Å²) in [5.41, 5.74) is -0.0294. The van der Waals surface area contributed by atoms with E-state index in [1.807, 2.05) is 5.32 Å². The Bertz CT molecular complexity index is 1070. The number of carbonyl (C=O) groups excluding carboxylic acids is 2. The summed E-state index contributed by atoms with van der Waals surface area (Å²) in [4.78, 5) is 31.0. The van der Waals surface area contributed by atoms with E-state index < -0.39 is 42.2 Å². The van der Waals surface area contributed by atoms with E-state index in [1.165, 1.54) is 35.2 Å². The van der Waals surface area contributed by atoms with Crippen molar-refractivity contribution in [2.45, 2.75) is 51.9 Å². The van der Waals surface area contributed by atoms with Crippen LogP contribution in [0.2, 0.25) is 0 Å². The highest BCUT2D eigenvalue weighted by atomic mass is 19.4. The maximum Gasteiger partial charge on any atom is 0.415 e. The minimum Gasteiger partial charge on any atom is -0.474 e. The van der Waals surface area contributed by atoms with Gasteiger partial charge in [-0.2, -0.15) is 13.2 Å². The molecule has 1 aromatic heterocycles. The van der Waals surface area contributed by atoms with Gasteiger partial charge in [-0.15, -0.1) is 0 Å². The van der Waals surface area contributed by atoms with Gasteiger partial charge in [0.05, 0.1) is 6.04 Å². The lowest BCUT2D eigenvalue weighted by Crippen LogP contribution is -2.47. The van der Waals surface area contributed by atoms with Crippen LogP contribution in [-0.4, -0.2) is 48.0 Å². The van der Waals surface area contributed by atoms with Crippen LogP contribution in [0.5, 0.6) is 5.88 Å². The van der Waals surface area contributed by atoms with Crippen molar-refractivity contribution in [1.82, 2.24) is 10.3 Å². The molecule has 184 valence electrons. The van der Waals surface area contributed by atoms with Crippen molar-refractivity contribution in [3.8, 4) is 5.88 Å². The first kappa shape index (κ1) is 25.3. The lowest BCUT2D eigenvalue weighted by Gasteiger charge is -2.36. The van der Waals surface area contributed by atoms with Crippen molar-refractivity contribution in [3.63, 3.8) is 0 Å². The number of ether oxygens (including phenoxy) is 2. The number of nitrogens with zero attached hydrogens (tertiary/aromatic N) is 2. The monoisotopic (exact) mass is 483 g/mol. The first-order chi connectivity index (χ1) is 15.7. The van der Waals surface area contributed by atoms with Gasteiger partial charge in [0.1, 0.15) is 36.0 Å². The van der Waals surface area contributed by atoms with Crippen LogP contribution in [0.25, 0.3) is 0 Å². The van der Waals surface area contributed by atoms with E-state index in [0.29, 0.717) is 5.56 Å². The summed E-state index contributed by atoms with van der Waals surface area (Å²) in [5, 5.41) is 1.81. The van der Waals surface area contributed by atoms with Gasteiger partial charge in [0.15, 0.2) is 0 Å². The van der Waals surface area contributed by atoms with Gasteiger partial charge >= 0.3 is 12.3 Å².